The highest BCUT2D eigenvalue weighted by Crippen LogP contribution is 2.34. The van der Waals surface area contributed by atoms with Crippen molar-refractivity contribution in [3.8, 4) is 11.5 Å². The maximum Gasteiger partial charge on any atom is 0.321 e. The first-order chi connectivity index (χ1) is 7.70. The first kappa shape index (κ1) is 10.6. The number of carbonyl (C=O) groups is 1. The van der Waals surface area contributed by atoms with Gasteiger partial charge in [-0.15, -0.1) is 0 Å². The molecule has 2 amide bonds. The first-order valence-electron chi connectivity index (χ1n) is 5.12. The van der Waals surface area contributed by atoms with Crippen LogP contribution < -0.4 is 14.8 Å². The van der Waals surface area contributed by atoms with Gasteiger partial charge in [0, 0.05) is 25.3 Å². The van der Waals surface area contributed by atoms with E-state index in [1.54, 1.807) is 30.1 Å². The average molecular weight is 222 g/mol. The third-order valence-corrected chi connectivity index (χ3v) is 2.44. The largest absolute Gasteiger partial charge is 0.454 e. The van der Waals surface area contributed by atoms with Crippen LogP contribution in [-0.2, 0) is 0 Å². The minimum Gasteiger partial charge on any atom is -0.454 e. The zero-order chi connectivity index (χ0) is 11.5. The summed E-state index contributed by atoms with van der Waals surface area (Å²) >= 11 is 0. The number of anilines is 1. The van der Waals surface area contributed by atoms with Gasteiger partial charge in [0.1, 0.15) is 0 Å². The molecule has 0 bridgehead atoms. The van der Waals surface area contributed by atoms with Crippen molar-refractivity contribution >= 4 is 11.7 Å². The number of urea groups is 1. The van der Waals surface area contributed by atoms with Crippen molar-refractivity contribution in [2.24, 2.45) is 0 Å². The second kappa shape index (κ2) is 4.30. The average Bonchev–Trinajstić information content (AvgIpc) is 2.75. The Hall–Kier alpha value is -1.91. The predicted octanol–water partition coefficient (Wildman–Crippen LogP) is 1.90. The normalized spacial score (nSPS) is 12.4. The van der Waals surface area contributed by atoms with Crippen molar-refractivity contribution in [3.63, 3.8) is 0 Å². The number of benzene rings is 1. The Morgan fingerprint density at radius 1 is 1.44 bits per heavy atom. The zero-order valence-electron chi connectivity index (χ0n) is 9.32. The van der Waals surface area contributed by atoms with E-state index in [-0.39, 0.29) is 12.8 Å². The topological polar surface area (TPSA) is 50.8 Å². The monoisotopic (exact) mass is 222 g/mol. The van der Waals surface area contributed by atoms with Gasteiger partial charge in [-0.05, 0) is 19.1 Å². The molecule has 86 valence electrons. The Balaban J connectivity index is 2.08. The maximum atomic E-state index is 11.6. The van der Waals surface area contributed by atoms with E-state index in [4.69, 9.17) is 9.47 Å². The standard InChI is InChI=1S/C11H14N2O3/c1-3-13(2)11(14)12-8-4-5-9-10(6-8)16-7-15-9/h4-6H,3,7H2,1-2H3,(H,12,14). The van der Waals surface area contributed by atoms with E-state index < -0.39 is 0 Å². The lowest BCUT2D eigenvalue weighted by Crippen LogP contribution is -2.30. The first-order valence-corrected chi connectivity index (χ1v) is 5.12. The van der Waals surface area contributed by atoms with E-state index in [0.29, 0.717) is 23.7 Å². The van der Waals surface area contributed by atoms with Crippen LogP contribution in [0.5, 0.6) is 11.5 Å². The summed E-state index contributed by atoms with van der Waals surface area (Å²) in [5.41, 5.74) is 0.703. The van der Waals surface area contributed by atoms with Crippen LogP contribution in [0.25, 0.3) is 0 Å². The summed E-state index contributed by atoms with van der Waals surface area (Å²) in [6.07, 6.45) is 0. The van der Waals surface area contributed by atoms with Crippen molar-refractivity contribution in [2.45, 2.75) is 6.92 Å². The van der Waals surface area contributed by atoms with Gasteiger partial charge in [0.2, 0.25) is 6.79 Å². The fraction of sp³-hybridized carbons (Fsp3) is 0.364. The molecular weight excluding hydrogens is 208 g/mol. The molecule has 1 aromatic carbocycles. The summed E-state index contributed by atoms with van der Waals surface area (Å²) in [4.78, 5) is 13.2. The highest BCUT2D eigenvalue weighted by Gasteiger charge is 2.14. The molecular formula is C11H14N2O3. The lowest BCUT2D eigenvalue weighted by Gasteiger charge is -2.15. The Labute approximate surface area is 93.9 Å². The molecule has 0 aromatic heterocycles. The molecule has 0 atom stereocenters. The van der Waals surface area contributed by atoms with Gasteiger partial charge >= 0.3 is 6.03 Å². The van der Waals surface area contributed by atoms with E-state index in [2.05, 4.69) is 5.32 Å². The quantitative estimate of drug-likeness (QED) is 0.831. The number of hydrogen-bond donors (Lipinski definition) is 1. The van der Waals surface area contributed by atoms with Crippen LogP contribution in [-0.4, -0.2) is 31.3 Å². The molecule has 0 fully saturated rings. The van der Waals surface area contributed by atoms with E-state index in [9.17, 15) is 4.79 Å². The minimum atomic E-state index is -0.138. The highest BCUT2D eigenvalue weighted by molar-refractivity contribution is 5.89. The lowest BCUT2D eigenvalue weighted by molar-refractivity contribution is 0.174. The number of ether oxygens (including phenoxy) is 2. The summed E-state index contributed by atoms with van der Waals surface area (Å²) in [6, 6.07) is 5.18. The number of rotatable bonds is 2. The Kier molecular flexibility index (Phi) is 2.85. The second-order valence-corrected chi connectivity index (χ2v) is 3.51. The Morgan fingerprint density at radius 3 is 2.94 bits per heavy atom. The molecule has 1 aromatic rings. The van der Waals surface area contributed by atoms with Gasteiger partial charge in [-0.1, -0.05) is 0 Å². The molecule has 5 heteroatoms. The van der Waals surface area contributed by atoms with Crippen molar-refractivity contribution < 1.29 is 14.3 Å². The third-order valence-electron chi connectivity index (χ3n) is 2.44. The molecule has 0 aliphatic carbocycles. The second-order valence-electron chi connectivity index (χ2n) is 3.51. The fourth-order valence-corrected chi connectivity index (χ4v) is 1.34. The van der Waals surface area contributed by atoms with Crippen molar-refractivity contribution in [2.75, 3.05) is 25.7 Å². The van der Waals surface area contributed by atoms with Gasteiger partial charge < -0.3 is 19.7 Å². The predicted molar refractivity (Wildman–Crippen MR) is 59.9 cm³/mol. The van der Waals surface area contributed by atoms with Gasteiger partial charge in [-0.2, -0.15) is 0 Å². The number of nitrogens with one attached hydrogen (secondary N) is 1. The van der Waals surface area contributed by atoms with Gasteiger partial charge in [0.05, 0.1) is 0 Å². The molecule has 2 rings (SSSR count). The zero-order valence-corrected chi connectivity index (χ0v) is 9.32. The van der Waals surface area contributed by atoms with Gasteiger partial charge in [0.25, 0.3) is 0 Å². The molecule has 5 nitrogen and oxygen atoms in total. The summed E-state index contributed by atoms with van der Waals surface area (Å²) < 4.78 is 10.4. The lowest BCUT2D eigenvalue weighted by atomic mass is 10.3. The van der Waals surface area contributed by atoms with Crippen LogP contribution in [0.2, 0.25) is 0 Å². The minimum absolute atomic E-state index is 0.138. The molecule has 0 saturated carbocycles. The highest BCUT2D eigenvalue weighted by atomic mass is 16.7. The number of carbonyl (C=O) groups excluding carboxylic acids is 1. The molecule has 1 aliphatic heterocycles. The van der Waals surface area contributed by atoms with Crippen LogP contribution in [0.3, 0.4) is 0 Å². The van der Waals surface area contributed by atoms with Crippen LogP contribution in [0, 0.1) is 0 Å². The molecule has 16 heavy (non-hydrogen) atoms. The van der Waals surface area contributed by atoms with Crippen molar-refractivity contribution in [1.29, 1.82) is 0 Å². The van der Waals surface area contributed by atoms with Crippen LogP contribution in [0.1, 0.15) is 6.92 Å². The summed E-state index contributed by atoms with van der Waals surface area (Å²) in [5.74, 6) is 1.37. The fourth-order valence-electron chi connectivity index (χ4n) is 1.34. The van der Waals surface area contributed by atoms with E-state index in [0.717, 1.165) is 0 Å². The summed E-state index contributed by atoms with van der Waals surface area (Å²) in [6.45, 7) is 2.82. The van der Waals surface area contributed by atoms with Crippen LogP contribution in [0.4, 0.5) is 10.5 Å². The Bertz CT molecular complexity index is 406. The van der Waals surface area contributed by atoms with Crippen LogP contribution in [0.15, 0.2) is 18.2 Å². The van der Waals surface area contributed by atoms with Crippen LogP contribution >= 0.6 is 0 Å². The van der Waals surface area contributed by atoms with Gasteiger partial charge in [0.15, 0.2) is 11.5 Å². The van der Waals surface area contributed by atoms with Gasteiger partial charge in [-0.25, -0.2) is 4.79 Å². The number of hydrogen-bond acceptors (Lipinski definition) is 3. The molecule has 0 spiro atoms. The maximum absolute atomic E-state index is 11.6. The van der Waals surface area contributed by atoms with Crippen molar-refractivity contribution in [1.82, 2.24) is 4.90 Å². The number of fused-ring (bicyclic) bond motifs is 1. The molecule has 1 N–H and O–H groups in total. The molecule has 0 saturated heterocycles. The van der Waals surface area contributed by atoms with E-state index in [1.807, 2.05) is 6.92 Å². The van der Waals surface area contributed by atoms with Crippen molar-refractivity contribution in [3.05, 3.63) is 18.2 Å². The number of nitrogens with zero attached hydrogens (tertiary/aromatic N) is 1. The number of amides is 2. The molecule has 1 aliphatic rings. The third kappa shape index (κ3) is 2.03. The van der Waals surface area contributed by atoms with E-state index in [1.165, 1.54) is 0 Å². The molecule has 1 heterocycles. The Morgan fingerprint density at radius 2 is 2.19 bits per heavy atom. The molecule has 0 unspecified atom stereocenters. The SMILES string of the molecule is CCN(C)C(=O)Nc1ccc2c(c1)OCO2. The smallest absolute Gasteiger partial charge is 0.321 e. The molecule has 0 radical (unpaired) electrons. The van der Waals surface area contributed by atoms with E-state index >= 15 is 0 Å². The van der Waals surface area contributed by atoms with Gasteiger partial charge in [-0.3, -0.25) is 0 Å². The summed E-state index contributed by atoms with van der Waals surface area (Å²) in [7, 11) is 1.74. The summed E-state index contributed by atoms with van der Waals surface area (Å²) in [5, 5.41) is 2.77.